The summed E-state index contributed by atoms with van der Waals surface area (Å²) in [4.78, 5) is 12.8. The maximum atomic E-state index is 12.8. The molecule has 0 aromatic rings. The van der Waals surface area contributed by atoms with Crippen LogP contribution in [0.4, 0.5) is 0 Å². The summed E-state index contributed by atoms with van der Waals surface area (Å²) >= 11 is 0. The number of nitrogens with one attached hydrogen (secondary N) is 1. The highest BCUT2D eigenvalue weighted by Gasteiger charge is 2.44. The molecule has 1 amide bonds. The van der Waals surface area contributed by atoms with Crippen LogP contribution in [-0.2, 0) is 14.3 Å². The van der Waals surface area contributed by atoms with E-state index in [-0.39, 0.29) is 18.9 Å². The van der Waals surface area contributed by atoms with E-state index in [9.17, 15) is 35.4 Å². The van der Waals surface area contributed by atoms with E-state index >= 15 is 0 Å². The Kier molecular flexibility index (Phi) is 29.0. The molecule has 1 saturated heterocycles. The molecule has 10 nitrogen and oxygen atoms in total. The minimum atomic E-state index is -1.60. The van der Waals surface area contributed by atoms with Crippen molar-refractivity contribution in [2.24, 2.45) is 0 Å². The fourth-order valence-corrected chi connectivity index (χ4v) is 6.67. The van der Waals surface area contributed by atoms with Gasteiger partial charge in [0.2, 0.25) is 5.91 Å². The number of hydrogen-bond donors (Lipinski definition) is 7. The molecule has 1 aliphatic rings. The van der Waals surface area contributed by atoms with Crippen LogP contribution in [0.1, 0.15) is 181 Å². The summed E-state index contributed by atoms with van der Waals surface area (Å²) in [5.74, 6) is -0.264. The average Bonchev–Trinajstić information content (AvgIpc) is 3.10. The molecule has 0 aromatic carbocycles. The van der Waals surface area contributed by atoms with Gasteiger partial charge >= 0.3 is 0 Å². The molecule has 1 fully saturated rings. The molecule has 1 rings (SSSR count). The van der Waals surface area contributed by atoms with Gasteiger partial charge in [-0.15, -0.1) is 0 Å². The first-order chi connectivity index (χ1) is 23.8. The molecule has 0 saturated carbocycles. The van der Waals surface area contributed by atoms with Crippen molar-refractivity contribution >= 4 is 5.91 Å². The molecule has 0 radical (unpaired) electrons. The first-order valence-corrected chi connectivity index (χ1v) is 20.3. The number of carbonyl (C=O) groups is 1. The van der Waals surface area contributed by atoms with Crippen molar-refractivity contribution in [1.29, 1.82) is 0 Å². The predicted molar refractivity (Wildman–Crippen MR) is 195 cm³/mol. The Labute approximate surface area is 298 Å². The van der Waals surface area contributed by atoms with Gasteiger partial charge in [-0.1, -0.05) is 162 Å². The Morgan fingerprint density at radius 3 is 1.51 bits per heavy atom. The van der Waals surface area contributed by atoms with Gasteiger partial charge in [-0.3, -0.25) is 4.79 Å². The summed E-state index contributed by atoms with van der Waals surface area (Å²) in [5.41, 5.74) is 0. The second-order valence-corrected chi connectivity index (χ2v) is 14.6. The fourth-order valence-electron chi connectivity index (χ4n) is 6.67. The van der Waals surface area contributed by atoms with E-state index in [0.717, 1.165) is 38.5 Å². The van der Waals surface area contributed by atoms with E-state index in [4.69, 9.17) is 9.47 Å². The van der Waals surface area contributed by atoms with E-state index in [2.05, 4.69) is 12.2 Å². The molecule has 0 bridgehead atoms. The van der Waals surface area contributed by atoms with Gasteiger partial charge in [-0.2, -0.15) is 0 Å². The van der Waals surface area contributed by atoms with Crippen molar-refractivity contribution in [1.82, 2.24) is 5.32 Å². The maximum Gasteiger partial charge on any atom is 0.220 e. The molecule has 0 aromatic heterocycles. The Morgan fingerprint density at radius 1 is 0.633 bits per heavy atom. The Morgan fingerprint density at radius 2 is 1.06 bits per heavy atom. The molecule has 49 heavy (non-hydrogen) atoms. The number of aliphatic hydroxyl groups is 6. The average molecular weight is 704 g/mol. The third-order valence-electron chi connectivity index (χ3n) is 10.1. The highest BCUT2D eigenvalue weighted by Crippen LogP contribution is 2.23. The zero-order chi connectivity index (χ0) is 36.1. The fraction of sp³-hybridized carbons (Fsp3) is 0.974. The van der Waals surface area contributed by atoms with Crippen molar-refractivity contribution in [3.05, 3.63) is 0 Å². The quantitative estimate of drug-likeness (QED) is 0.0394. The molecule has 7 N–H and O–H groups in total. The number of carbonyl (C=O) groups excluding carboxylic acids is 1. The van der Waals surface area contributed by atoms with Gasteiger partial charge in [-0.05, 0) is 12.8 Å². The Balaban J connectivity index is 2.21. The van der Waals surface area contributed by atoms with E-state index < -0.39 is 55.6 Å². The van der Waals surface area contributed by atoms with Gasteiger partial charge in [-0.25, -0.2) is 0 Å². The summed E-state index contributed by atoms with van der Waals surface area (Å²) in [6.45, 7) is 3.42. The van der Waals surface area contributed by atoms with Crippen molar-refractivity contribution in [2.75, 3.05) is 13.2 Å². The topological polar surface area (TPSA) is 169 Å². The number of unbranched alkanes of at least 4 members (excludes halogenated alkanes) is 22. The van der Waals surface area contributed by atoms with Gasteiger partial charge in [0.15, 0.2) is 6.29 Å². The summed E-state index contributed by atoms with van der Waals surface area (Å²) < 4.78 is 11.0. The van der Waals surface area contributed by atoms with E-state index in [1.54, 1.807) is 0 Å². The van der Waals surface area contributed by atoms with Crippen LogP contribution >= 0.6 is 0 Å². The van der Waals surface area contributed by atoms with Gasteiger partial charge in [0, 0.05) is 6.42 Å². The highest BCUT2D eigenvalue weighted by molar-refractivity contribution is 5.76. The minimum Gasteiger partial charge on any atom is -0.394 e. The third-order valence-corrected chi connectivity index (χ3v) is 10.1. The molecule has 8 atom stereocenters. The van der Waals surface area contributed by atoms with E-state index in [1.807, 2.05) is 6.92 Å². The summed E-state index contributed by atoms with van der Waals surface area (Å²) in [7, 11) is 0. The zero-order valence-electron chi connectivity index (χ0n) is 31.3. The van der Waals surface area contributed by atoms with Crippen LogP contribution in [0.2, 0.25) is 0 Å². The predicted octanol–water partition coefficient (Wildman–Crippen LogP) is 6.19. The number of ether oxygens (including phenoxy) is 2. The SMILES string of the molecule is CCCCCCCCCCCCCCCCCCCCCCCC(=O)N[C@H](COC1OC(CO)C(O)C(O)C1O)[C@H](O)[C@@H](O)CCCCC. The standard InChI is InChI=1S/C39H77NO9/c1-3-5-7-8-9-10-11-12-13-14-15-16-17-18-19-20-21-22-23-24-26-28-34(43)40-31(35(44)32(42)27-25-6-4-2)30-48-39-38(47)37(46)36(45)33(29-41)49-39/h31-33,35-39,41-42,44-47H,3-30H2,1-2H3,(H,40,43)/t31-,32+,33?,35+,36?,37?,38?,39?/m1/s1. The van der Waals surface area contributed by atoms with Crippen LogP contribution in [0.15, 0.2) is 0 Å². The molecule has 5 unspecified atom stereocenters. The lowest BCUT2D eigenvalue weighted by Gasteiger charge is -2.40. The Bertz CT molecular complexity index is 758. The monoisotopic (exact) mass is 704 g/mol. The van der Waals surface area contributed by atoms with E-state index in [1.165, 1.54) is 116 Å². The van der Waals surface area contributed by atoms with Crippen LogP contribution in [0.5, 0.6) is 0 Å². The van der Waals surface area contributed by atoms with Crippen molar-refractivity contribution in [3.8, 4) is 0 Å². The number of aliphatic hydroxyl groups excluding tert-OH is 6. The molecule has 0 spiro atoms. The van der Waals surface area contributed by atoms with Gasteiger partial charge in [0.05, 0.1) is 25.4 Å². The first-order valence-electron chi connectivity index (χ1n) is 20.3. The normalized spacial score (nSPS) is 23.0. The second kappa shape index (κ2) is 30.7. The van der Waals surface area contributed by atoms with Gasteiger partial charge in [0.1, 0.15) is 30.5 Å². The van der Waals surface area contributed by atoms with Crippen LogP contribution in [0.3, 0.4) is 0 Å². The molecule has 0 aliphatic carbocycles. The van der Waals surface area contributed by atoms with Gasteiger partial charge < -0.3 is 45.4 Å². The number of hydrogen-bond acceptors (Lipinski definition) is 9. The summed E-state index contributed by atoms with van der Waals surface area (Å²) in [6, 6.07) is -0.980. The van der Waals surface area contributed by atoms with Crippen LogP contribution in [0, 0.1) is 0 Å². The first kappa shape index (κ1) is 46.2. The number of rotatable bonds is 33. The van der Waals surface area contributed by atoms with Crippen molar-refractivity contribution in [3.63, 3.8) is 0 Å². The Hall–Kier alpha value is -0.850. The summed E-state index contributed by atoms with van der Waals surface area (Å²) in [6.07, 6.45) is 20.8. The van der Waals surface area contributed by atoms with Crippen molar-refractivity contribution in [2.45, 2.75) is 230 Å². The molecule has 292 valence electrons. The van der Waals surface area contributed by atoms with Crippen LogP contribution < -0.4 is 5.32 Å². The van der Waals surface area contributed by atoms with Crippen molar-refractivity contribution < 1.29 is 44.9 Å². The minimum absolute atomic E-state index is 0.264. The molecular weight excluding hydrogens is 626 g/mol. The second-order valence-electron chi connectivity index (χ2n) is 14.6. The smallest absolute Gasteiger partial charge is 0.220 e. The third kappa shape index (κ3) is 22.0. The van der Waals surface area contributed by atoms with Crippen LogP contribution in [0.25, 0.3) is 0 Å². The van der Waals surface area contributed by atoms with Gasteiger partial charge in [0.25, 0.3) is 0 Å². The lowest BCUT2D eigenvalue weighted by molar-refractivity contribution is -0.303. The lowest BCUT2D eigenvalue weighted by atomic mass is 9.99. The highest BCUT2D eigenvalue weighted by atomic mass is 16.7. The van der Waals surface area contributed by atoms with E-state index in [0.29, 0.717) is 6.42 Å². The zero-order valence-corrected chi connectivity index (χ0v) is 31.3. The summed E-state index contributed by atoms with van der Waals surface area (Å²) in [5, 5.41) is 64.1. The van der Waals surface area contributed by atoms with Crippen LogP contribution in [-0.4, -0.2) is 98.7 Å². The maximum absolute atomic E-state index is 12.8. The molecular formula is C39H77NO9. The number of amides is 1. The largest absolute Gasteiger partial charge is 0.394 e. The molecule has 10 heteroatoms. The molecule has 1 heterocycles. The molecule has 1 aliphatic heterocycles. The lowest BCUT2D eigenvalue weighted by Crippen LogP contribution is -2.60.